The van der Waals surface area contributed by atoms with E-state index in [-0.39, 0.29) is 40.0 Å². The summed E-state index contributed by atoms with van der Waals surface area (Å²) in [5.74, 6) is -0.616. The molecule has 2 N–H and O–H groups in total. The molecule has 1 amide bonds. The Kier molecular flexibility index (Phi) is 7.51. The van der Waals surface area contributed by atoms with Gasteiger partial charge in [0.2, 0.25) is 5.91 Å². The van der Waals surface area contributed by atoms with Gasteiger partial charge in [0.25, 0.3) is 6.43 Å². The molecule has 1 saturated carbocycles. The fraction of sp³-hybridized carbons (Fsp3) is 0.727. The predicted molar refractivity (Wildman–Crippen MR) is 115 cm³/mol. The number of piperidine rings is 1. The van der Waals surface area contributed by atoms with E-state index in [0.29, 0.717) is 24.9 Å². The number of aliphatic hydroxyl groups excluding tert-OH is 2. The van der Waals surface area contributed by atoms with Gasteiger partial charge in [-0.1, -0.05) is 36.5 Å². The molecule has 2 heterocycles. The number of nitrogens with zero attached hydrogens (tertiary/aromatic N) is 2. The first-order valence-electron chi connectivity index (χ1n) is 10.8. The van der Waals surface area contributed by atoms with Gasteiger partial charge < -0.3 is 15.1 Å². The van der Waals surface area contributed by atoms with Crippen LogP contribution in [0.5, 0.6) is 0 Å². The second-order valence-electron chi connectivity index (χ2n) is 9.19. The maximum atomic E-state index is 13.3. The van der Waals surface area contributed by atoms with Gasteiger partial charge in [-0.2, -0.15) is 0 Å². The molecule has 0 bridgehead atoms. The number of alkyl halides is 2. The number of pyridine rings is 1. The normalized spacial score (nSPS) is 30.8. The fourth-order valence-electron chi connectivity index (χ4n) is 5.75. The third-order valence-corrected chi connectivity index (χ3v) is 8.25. The van der Waals surface area contributed by atoms with Gasteiger partial charge >= 0.3 is 0 Å². The van der Waals surface area contributed by atoms with Crippen molar-refractivity contribution in [2.24, 2.45) is 17.3 Å². The van der Waals surface area contributed by atoms with E-state index >= 15 is 0 Å². The second kappa shape index (κ2) is 9.46. The van der Waals surface area contributed by atoms with Crippen LogP contribution in [0.1, 0.15) is 63.8 Å². The molecular weight excluding hydrogens is 449 g/mol. The van der Waals surface area contributed by atoms with Crippen LogP contribution in [-0.2, 0) is 11.2 Å². The predicted octanol–water partition coefficient (Wildman–Crippen LogP) is 4.65. The standard InChI is InChI=1S/C22H30Cl2F2N2O3/c1-11-14-5-4-6-15(20(31)21(25)26)22(14,3)7-8-28(11)17(30)9-13-16(23)10-27-19(12(2)29)18(13)24/h10-12,14-15,20-21,29,31H,4-9H2,1-3H3/t11-,12+,14+,15-,20-,22+/m0/s1. The molecule has 1 saturated heterocycles. The minimum absolute atomic E-state index is 0.0220. The minimum Gasteiger partial charge on any atom is -0.387 e. The number of halogens is 4. The van der Waals surface area contributed by atoms with Gasteiger partial charge in [0.15, 0.2) is 0 Å². The van der Waals surface area contributed by atoms with Crippen molar-refractivity contribution in [2.75, 3.05) is 6.54 Å². The molecule has 5 nitrogen and oxygen atoms in total. The van der Waals surface area contributed by atoms with Crippen molar-refractivity contribution in [3.63, 3.8) is 0 Å². The van der Waals surface area contributed by atoms with E-state index < -0.39 is 30.0 Å². The number of rotatable bonds is 5. The van der Waals surface area contributed by atoms with E-state index in [9.17, 15) is 23.8 Å². The summed E-state index contributed by atoms with van der Waals surface area (Å²) >= 11 is 12.6. The van der Waals surface area contributed by atoms with Crippen LogP contribution in [-0.4, -0.2) is 51.1 Å². The topological polar surface area (TPSA) is 73.7 Å². The van der Waals surface area contributed by atoms with Crippen LogP contribution in [0.4, 0.5) is 8.78 Å². The number of aliphatic hydroxyl groups is 2. The zero-order valence-corrected chi connectivity index (χ0v) is 19.5. The molecule has 2 aliphatic rings. The third-order valence-electron chi connectivity index (χ3n) is 7.50. The number of hydrogen-bond donors (Lipinski definition) is 2. The van der Waals surface area contributed by atoms with Crippen LogP contribution < -0.4 is 0 Å². The molecule has 2 fully saturated rings. The van der Waals surface area contributed by atoms with E-state index in [1.807, 2.05) is 13.8 Å². The Morgan fingerprint density at radius 1 is 1.35 bits per heavy atom. The monoisotopic (exact) mass is 478 g/mol. The molecule has 0 unspecified atom stereocenters. The lowest BCUT2D eigenvalue weighted by molar-refractivity contribution is -0.156. The molecule has 31 heavy (non-hydrogen) atoms. The number of amides is 1. The van der Waals surface area contributed by atoms with Crippen LogP contribution in [0.2, 0.25) is 10.0 Å². The van der Waals surface area contributed by atoms with Crippen LogP contribution in [0.15, 0.2) is 6.20 Å². The fourth-order valence-corrected chi connectivity index (χ4v) is 6.39. The van der Waals surface area contributed by atoms with E-state index in [2.05, 4.69) is 4.98 Å². The third kappa shape index (κ3) is 4.56. The molecule has 1 aromatic rings. The van der Waals surface area contributed by atoms with Crippen LogP contribution in [0.25, 0.3) is 0 Å². The Bertz CT molecular complexity index is 826. The summed E-state index contributed by atoms with van der Waals surface area (Å²) in [7, 11) is 0. The highest BCUT2D eigenvalue weighted by atomic mass is 35.5. The second-order valence-corrected chi connectivity index (χ2v) is 9.97. The number of hydrogen-bond acceptors (Lipinski definition) is 4. The van der Waals surface area contributed by atoms with Crippen LogP contribution >= 0.6 is 23.2 Å². The Hall–Kier alpha value is -1.02. The molecule has 0 aromatic carbocycles. The number of aromatic nitrogens is 1. The highest BCUT2D eigenvalue weighted by Crippen LogP contribution is 2.54. The van der Waals surface area contributed by atoms with Crippen LogP contribution in [0.3, 0.4) is 0 Å². The first-order valence-corrected chi connectivity index (χ1v) is 11.5. The van der Waals surface area contributed by atoms with Crippen molar-refractivity contribution < 1.29 is 23.8 Å². The number of likely N-dealkylation sites (tertiary alicyclic amines) is 1. The zero-order chi connectivity index (χ0) is 23.1. The van der Waals surface area contributed by atoms with Crippen molar-refractivity contribution in [1.82, 2.24) is 9.88 Å². The van der Waals surface area contributed by atoms with E-state index in [4.69, 9.17) is 23.2 Å². The molecule has 1 aromatic heterocycles. The van der Waals surface area contributed by atoms with Crippen molar-refractivity contribution >= 4 is 29.1 Å². The first-order chi connectivity index (χ1) is 14.5. The zero-order valence-electron chi connectivity index (χ0n) is 18.0. The maximum absolute atomic E-state index is 13.3. The average Bonchev–Trinajstić information content (AvgIpc) is 2.69. The summed E-state index contributed by atoms with van der Waals surface area (Å²) in [4.78, 5) is 19.0. The quantitative estimate of drug-likeness (QED) is 0.645. The van der Waals surface area contributed by atoms with Crippen molar-refractivity contribution in [3.8, 4) is 0 Å². The van der Waals surface area contributed by atoms with Crippen molar-refractivity contribution in [2.45, 2.75) is 77.6 Å². The lowest BCUT2D eigenvalue weighted by atomic mass is 9.54. The van der Waals surface area contributed by atoms with Gasteiger partial charge in [0.1, 0.15) is 6.10 Å². The first kappa shape index (κ1) is 24.6. The lowest BCUT2D eigenvalue weighted by Crippen LogP contribution is -2.59. The van der Waals surface area contributed by atoms with E-state index in [0.717, 1.165) is 12.8 Å². The molecular formula is C22H30Cl2F2N2O3. The Morgan fingerprint density at radius 2 is 2.03 bits per heavy atom. The van der Waals surface area contributed by atoms with Gasteiger partial charge in [-0.15, -0.1) is 0 Å². The summed E-state index contributed by atoms with van der Waals surface area (Å²) in [5, 5.41) is 20.5. The Morgan fingerprint density at radius 3 is 2.65 bits per heavy atom. The summed E-state index contributed by atoms with van der Waals surface area (Å²) in [5.41, 5.74) is 0.245. The Labute approximate surface area is 191 Å². The molecule has 6 atom stereocenters. The molecule has 9 heteroatoms. The molecule has 0 radical (unpaired) electrons. The largest absolute Gasteiger partial charge is 0.387 e. The number of carbonyl (C=O) groups excluding carboxylic acids is 1. The summed E-state index contributed by atoms with van der Waals surface area (Å²) in [6, 6.07) is -0.158. The lowest BCUT2D eigenvalue weighted by Gasteiger charge is -2.57. The SMILES string of the molecule is C[C@@H](O)c1ncc(Cl)c(CC(=O)N2CC[C@]3(C)[C@H](CCC[C@H]3[C@H](O)C(F)F)[C@@H]2C)c1Cl. The van der Waals surface area contributed by atoms with Gasteiger partial charge in [0.05, 0.1) is 28.3 Å². The highest BCUT2D eigenvalue weighted by molar-refractivity contribution is 6.36. The van der Waals surface area contributed by atoms with Gasteiger partial charge in [-0.3, -0.25) is 9.78 Å². The van der Waals surface area contributed by atoms with Gasteiger partial charge in [-0.05, 0) is 50.4 Å². The Balaban J connectivity index is 1.81. The minimum atomic E-state index is -2.77. The van der Waals surface area contributed by atoms with E-state index in [1.165, 1.54) is 13.1 Å². The van der Waals surface area contributed by atoms with E-state index in [1.54, 1.807) is 4.90 Å². The van der Waals surface area contributed by atoms with Gasteiger partial charge in [-0.25, -0.2) is 8.78 Å². The summed E-state index contributed by atoms with van der Waals surface area (Å²) < 4.78 is 26.6. The number of fused-ring (bicyclic) bond motifs is 1. The number of carbonyl (C=O) groups is 1. The molecule has 1 aliphatic heterocycles. The van der Waals surface area contributed by atoms with Crippen molar-refractivity contribution in [1.29, 1.82) is 0 Å². The summed E-state index contributed by atoms with van der Waals surface area (Å²) in [6.07, 6.45) is -1.25. The van der Waals surface area contributed by atoms with Crippen LogP contribution in [0, 0.1) is 17.3 Å². The smallest absolute Gasteiger partial charge is 0.264 e. The molecule has 1 aliphatic carbocycles. The van der Waals surface area contributed by atoms with Crippen molar-refractivity contribution in [3.05, 3.63) is 27.5 Å². The maximum Gasteiger partial charge on any atom is 0.264 e. The molecule has 0 spiro atoms. The highest BCUT2D eigenvalue weighted by Gasteiger charge is 2.53. The average molecular weight is 479 g/mol. The summed E-state index contributed by atoms with van der Waals surface area (Å²) in [6.45, 7) is 5.89. The molecule has 3 rings (SSSR count). The molecule has 174 valence electrons. The van der Waals surface area contributed by atoms with Gasteiger partial charge in [0, 0.05) is 24.3 Å².